The van der Waals surface area contributed by atoms with E-state index >= 15 is 0 Å². The van der Waals surface area contributed by atoms with Crippen molar-refractivity contribution in [1.82, 2.24) is 4.90 Å². The first-order valence-corrected chi connectivity index (χ1v) is 11.2. The fourth-order valence-corrected chi connectivity index (χ4v) is 6.57. The van der Waals surface area contributed by atoms with Crippen LogP contribution in [0.25, 0.3) is 0 Å². The van der Waals surface area contributed by atoms with E-state index < -0.39 is 23.3 Å². The Bertz CT molecular complexity index is 1220. The van der Waals surface area contributed by atoms with Gasteiger partial charge in [-0.3, -0.25) is 19.3 Å². The van der Waals surface area contributed by atoms with Gasteiger partial charge >= 0.3 is 0 Å². The van der Waals surface area contributed by atoms with Crippen LogP contribution in [-0.2, 0) is 19.9 Å². The van der Waals surface area contributed by atoms with Gasteiger partial charge in [-0.2, -0.15) is 0 Å². The molecular weight excluding hydrogens is 453 g/mol. The van der Waals surface area contributed by atoms with Gasteiger partial charge in [0.1, 0.15) is 11.3 Å². The van der Waals surface area contributed by atoms with Crippen molar-refractivity contribution in [3.63, 3.8) is 0 Å². The number of methoxy groups -OCH3 is 1. The Balaban J connectivity index is 1.57. The van der Waals surface area contributed by atoms with Crippen molar-refractivity contribution in [3.8, 4) is 5.75 Å². The molecule has 4 heterocycles. The van der Waals surface area contributed by atoms with Crippen molar-refractivity contribution in [2.24, 2.45) is 11.8 Å². The van der Waals surface area contributed by atoms with Crippen LogP contribution in [0.3, 0.4) is 0 Å². The molecule has 4 aliphatic rings. The number of hydrogen-bond donors (Lipinski definition) is 1. The Labute approximate surface area is 194 Å². The number of carbonyl (C=O) groups is 3. The summed E-state index contributed by atoms with van der Waals surface area (Å²) in [7, 11) is 1.56. The predicted octanol–water partition coefficient (Wildman–Crippen LogP) is 3.43. The van der Waals surface area contributed by atoms with Crippen LogP contribution in [0.2, 0.25) is 10.0 Å². The van der Waals surface area contributed by atoms with E-state index in [-0.39, 0.29) is 28.6 Å². The van der Waals surface area contributed by atoms with Crippen LogP contribution in [0.4, 0.5) is 11.4 Å². The van der Waals surface area contributed by atoms with E-state index in [0.29, 0.717) is 28.6 Å². The molecule has 0 aliphatic carbocycles. The number of imide groups is 1. The Morgan fingerprint density at radius 2 is 1.91 bits per heavy atom. The van der Waals surface area contributed by atoms with Crippen molar-refractivity contribution in [1.29, 1.82) is 0 Å². The molecule has 0 saturated carbocycles. The van der Waals surface area contributed by atoms with Gasteiger partial charge in [0, 0.05) is 22.3 Å². The predicted molar refractivity (Wildman–Crippen MR) is 119 cm³/mol. The fraction of sp³-hybridized carbons (Fsp3) is 0.348. The SMILES string of the molecule is COc1ccc2c(c1)[C@]1(C(=O)N2)[C@@H]2C(=O)N(c3cc(Cl)ccc3Cl)C(=O)[C@@H]2[C@H]2CCCN21. The minimum atomic E-state index is -1.26. The molecule has 32 heavy (non-hydrogen) atoms. The van der Waals surface area contributed by atoms with E-state index in [2.05, 4.69) is 10.2 Å². The summed E-state index contributed by atoms with van der Waals surface area (Å²) in [5, 5.41) is 3.58. The number of halogens is 2. The highest BCUT2D eigenvalue weighted by molar-refractivity contribution is 6.38. The molecule has 3 fully saturated rings. The first-order chi connectivity index (χ1) is 15.4. The Morgan fingerprint density at radius 1 is 1.09 bits per heavy atom. The summed E-state index contributed by atoms with van der Waals surface area (Å²) in [5.74, 6) is -1.94. The summed E-state index contributed by atoms with van der Waals surface area (Å²) in [6.07, 6.45) is 1.59. The average Bonchev–Trinajstić information content (AvgIpc) is 3.48. The Kier molecular flexibility index (Phi) is 4.19. The first kappa shape index (κ1) is 20.0. The van der Waals surface area contributed by atoms with Crippen LogP contribution in [-0.4, -0.2) is 42.3 Å². The third kappa shape index (κ3) is 2.28. The number of amides is 3. The number of benzene rings is 2. The van der Waals surface area contributed by atoms with Gasteiger partial charge in [0.25, 0.3) is 0 Å². The molecule has 2 aromatic rings. The molecular formula is C23H19Cl2N3O4. The molecule has 4 atom stereocenters. The van der Waals surface area contributed by atoms with Crippen LogP contribution in [0, 0.1) is 11.8 Å². The Morgan fingerprint density at radius 3 is 2.69 bits per heavy atom. The average molecular weight is 472 g/mol. The molecule has 0 aromatic heterocycles. The van der Waals surface area contributed by atoms with Crippen molar-refractivity contribution in [3.05, 3.63) is 52.0 Å². The minimum absolute atomic E-state index is 0.206. The maximum Gasteiger partial charge on any atom is 0.250 e. The fourth-order valence-electron chi connectivity index (χ4n) is 6.20. The molecule has 1 N–H and O–H groups in total. The number of nitrogens with one attached hydrogen (secondary N) is 1. The maximum absolute atomic E-state index is 13.9. The number of nitrogens with zero attached hydrogens (tertiary/aromatic N) is 2. The van der Waals surface area contributed by atoms with Gasteiger partial charge in [-0.15, -0.1) is 0 Å². The van der Waals surface area contributed by atoms with Gasteiger partial charge in [-0.1, -0.05) is 23.2 Å². The van der Waals surface area contributed by atoms with Crippen LogP contribution in [0.15, 0.2) is 36.4 Å². The number of carbonyl (C=O) groups excluding carboxylic acids is 3. The molecule has 1 spiro atoms. The highest BCUT2D eigenvalue weighted by atomic mass is 35.5. The van der Waals surface area contributed by atoms with Gasteiger partial charge < -0.3 is 10.1 Å². The molecule has 0 unspecified atom stereocenters. The molecule has 3 saturated heterocycles. The molecule has 3 amide bonds. The molecule has 2 aromatic carbocycles. The lowest BCUT2D eigenvalue weighted by Crippen LogP contribution is -2.54. The lowest BCUT2D eigenvalue weighted by atomic mass is 9.75. The van der Waals surface area contributed by atoms with Gasteiger partial charge in [0.05, 0.1) is 29.7 Å². The van der Waals surface area contributed by atoms with E-state index in [1.54, 1.807) is 37.4 Å². The zero-order valence-corrected chi connectivity index (χ0v) is 18.6. The highest BCUT2D eigenvalue weighted by Crippen LogP contribution is 2.61. The summed E-state index contributed by atoms with van der Waals surface area (Å²) in [5.41, 5.74) is 0.318. The van der Waals surface area contributed by atoms with Crippen molar-refractivity contribution in [2.45, 2.75) is 24.4 Å². The number of hydrogen-bond acceptors (Lipinski definition) is 5. The Hall–Kier alpha value is -2.61. The van der Waals surface area contributed by atoms with Crippen LogP contribution >= 0.6 is 23.2 Å². The smallest absolute Gasteiger partial charge is 0.250 e. The van der Waals surface area contributed by atoms with E-state index in [1.165, 1.54) is 6.07 Å². The van der Waals surface area contributed by atoms with E-state index in [9.17, 15) is 14.4 Å². The second-order valence-corrected chi connectivity index (χ2v) is 9.49. The summed E-state index contributed by atoms with van der Waals surface area (Å²) in [6.45, 7) is 0.639. The molecule has 9 heteroatoms. The topological polar surface area (TPSA) is 79.0 Å². The number of fused-ring (bicyclic) bond motifs is 7. The number of ether oxygens (including phenoxy) is 1. The van der Waals surface area contributed by atoms with Crippen LogP contribution in [0.1, 0.15) is 18.4 Å². The van der Waals surface area contributed by atoms with Crippen molar-refractivity contribution in [2.75, 3.05) is 23.9 Å². The third-order valence-electron chi connectivity index (χ3n) is 7.35. The molecule has 0 bridgehead atoms. The molecule has 7 nitrogen and oxygen atoms in total. The standard InChI is InChI=1S/C23H19Cl2N3O4/c1-32-12-5-7-15-13(10-12)23(22(31)26-15)19-18(16-3-2-8-27(16)23)20(29)28(21(19)30)17-9-11(24)4-6-14(17)25/h4-7,9-10,16,18-19H,2-3,8H2,1H3,(H,26,31)/t16-,18-,19+,23-/m1/s1. The zero-order valence-electron chi connectivity index (χ0n) is 17.1. The number of rotatable bonds is 2. The molecule has 164 valence electrons. The largest absolute Gasteiger partial charge is 0.497 e. The van der Waals surface area contributed by atoms with Gasteiger partial charge in [0.15, 0.2) is 0 Å². The van der Waals surface area contributed by atoms with E-state index in [4.69, 9.17) is 27.9 Å². The quantitative estimate of drug-likeness (QED) is 0.678. The minimum Gasteiger partial charge on any atom is -0.497 e. The van der Waals surface area contributed by atoms with Crippen LogP contribution in [0.5, 0.6) is 5.75 Å². The summed E-state index contributed by atoms with van der Waals surface area (Å²) >= 11 is 12.5. The number of anilines is 2. The van der Waals surface area contributed by atoms with Crippen molar-refractivity contribution < 1.29 is 19.1 Å². The molecule has 0 radical (unpaired) electrons. The normalized spacial score (nSPS) is 30.7. The summed E-state index contributed by atoms with van der Waals surface area (Å²) in [6, 6.07) is 9.84. The highest BCUT2D eigenvalue weighted by Gasteiger charge is 2.74. The third-order valence-corrected chi connectivity index (χ3v) is 7.90. The lowest BCUT2D eigenvalue weighted by Gasteiger charge is -2.36. The second-order valence-electron chi connectivity index (χ2n) is 8.65. The molecule has 4 aliphatic heterocycles. The molecule has 6 rings (SSSR count). The van der Waals surface area contributed by atoms with Crippen LogP contribution < -0.4 is 15.0 Å². The van der Waals surface area contributed by atoms with Gasteiger partial charge in [-0.25, -0.2) is 4.90 Å². The summed E-state index contributed by atoms with van der Waals surface area (Å²) < 4.78 is 5.42. The van der Waals surface area contributed by atoms with E-state index in [0.717, 1.165) is 17.7 Å². The maximum atomic E-state index is 13.9. The monoisotopic (exact) mass is 471 g/mol. The zero-order chi connectivity index (χ0) is 22.4. The van der Waals surface area contributed by atoms with E-state index in [1.807, 2.05) is 0 Å². The van der Waals surface area contributed by atoms with Crippen molar-refractivity contribution >= 4 is 52.3 Å². The summed E-state index contributed by atoms with van der Waals surface area (Å²) in [4.78, 5) is 44.5. The first-order valence-electron chi connectivity index (χ1n) is 10.5. The van der Waals surface area contributed by atoms with Gasteiger partial charge in [0.2, 0.25) is 17.7 Å². The second kappa shape index (κ2) is 6.70. The lowest BCUT2D eigenvalue weighted by molar-refractivity contribution is -0.135. The van der Waals surface area contributed by atoms with Gasteiger partial charge in [-0.05, 0) is 55.8 Å².